The molecule has 0 amide bonds. The van der Waals surface area contributed by atoms with Crippen molar-refractivity contribution in [2.75, 3.05) is 11.9 Å². The van der Waals surface area contributed by atoms with Crippen LogP contribution in [0.2, 0.25) is 0 Å². The van der Waals surface area contributed by atoms with Crippen molar-refractivity contribution in [2.45, 2.75) is 13.0 Å². The molecule has 1 unspecified atom stereocenters. The second-order valence-corrected chi connectivity index (χ2v) is 5.49. The SMILES string of the molecule is Cc1ccccc1C(C[N+](=O)[O-])Nc1ccc(Br)cc1. The molecule has 1 N–H and O–H groups in total. The summed E-state index contributed by atoms with van der Waals surface area (Å²) >= 11 is 3.37. The lowest BCUT2D eigenvalue weighted by Crippen LogP contribution is -2.21. The van der Waals surface area contributed by atoms with Crippen molar-refractivity contribution in [1.29, 1.82) is 0 Å². The highest BCUT2D eigenvalue weighted by Gasteiger charge is 2.19. The summed E-state index contributed by atoms with van der Waals surface area (Å²) in [5.74, 6) is 0. The van der Waals surface area contributed by atoms with Gasteiger partial charge in [0.25, 0.3) is 0 Å². The zero-order chi connectivity index (χ0) is 14.5. The van der Waals surface area contributed by atoms with E-state index >= 15 is 0 Å². The molecule has 0 aliphatic carbocycles. The van der Waals surface area contributed by atoms with Crippen molar-refractivity contribution >= 4 is 21.6 Å². The largest absolute Gasteiger partial charge is 0.372 e. The number of anilines is 1. The van der Waals surface area contributed by atoms with E-state index in [4.69, 9.17) is 0 Å². The van der Waals surface area contributed by atoms with Crippen LogP contribution in [0, 0.1) is 17.0 Å². The van der Waals surface area contributed by atoms with Gasteiger partial charge in [-0.2, -0.15) is 0 Å². The number of halogens is 1. The molecule has 2 rings (SSSR count). The molecule has 0 spiro atoms. The van der Waals surface area contributed by atoms with Crippen LogP contribution >= 0.6 is 15.9 Å². The standard InChI is InChI=1S/C15H15BrN2O2/c1-11-4-2-3-5-14(11)15(10-18(19)20)17-13-8-6-12(16)7-9-13/h2-9,15,17H,10H2,1H3. The smallest absolute Gasteiger partial charge is 0.227 e. The first kappa shape index (κ1) is 14.5. The molecule has 0 heterocycles. The van der Waals surface area contributed by atoms with Crippen LogP contribution in [-0.2, 0) is 0 Å². The summed E-state index contributed by atoms with van der Waals surface area (Å²) in [7, 11) is 0. The third-order valence-corrected chi connectivity index (χ3v) is 3.61. The van der Waals surface area contributed by atoms with Crippen LogP contribution < -0.4 is 5.32 Å². The maximum absolute atomic E-state index is 10.9. The van der Waals surface area contributed by atoms with Crippen molar-refractivity contribution < 1.29 is 4.92 Å². The van der Waals surface area contributed by atoms with Gasteiger partial charge in [-0.05, 0) is 42.3 Å². The van der Waals surface area contributed by atoms with Gasteiger partial charge < -0.3 is 5.32 Å². The van der Waals surface area contributed by atoms with Crippen molar-refractivity contribution in [3.05, 3.63) is 74.2 Å². The summed E-state index contributed by atoms with van der Waals surface area (Å²) in [6.07, 6.45) is 0. The van der Waals surface area contributed by atoms with Gasteiger partial charge in [0.1, 0.15) is 6.04 Å². The van der Waals surface area contributed by atoms with Gasteiger partial charge in [0.05, 0.1) is 0 Å². The van der Waals surface area contributed by atoms with Crippen LogP contribution in [0.1, 0.15) is 17.2 Å². The Labute approximate surface area is 126 Å². The van der Waals surface area contributed by atoms with E-state index in [1.807, 2.05) is 55.5 Å². The van der Waals surface area contributed by atoms with Crippen molar-refractivity contribution in [1.82, 2.24) is 0 Å². The molecule has 0 fully saturated rings. The molecule has 104 valence electrons. The first-order valence-electron chi connectivity index (χ1n) is 6.25. The first-order valence-corrected chi connectivity index (χ1v) is 7.05. The van der Waals surface area contributed by atoms with Gasteiger partial charge in [0, 0.05) is 15.1 Å². The van der Waals surface area contributed by atoms with E-state index in [1.165, 1.54) is 0 Å². The van der Waals surface area contributed by atoms with Gasteiger partial charge in [-0.15, -0.1) is 0 Å². The van der Waals surface area contributed by atoms with Crippen LogP contribution in [0.3, 0.4) is 0 Å². The number of hydrogen-bond donors (Lipinski definition) is 1. The number of nitrogens with one attached hydrogen (secondary N) is 1. The minimum Gasteiger partial charge on any atom is -0.372 e. The number of rotatable bonds is 5. The molecule has 1 atom stereocenters. The molecular weight excluding hydrogens is 320 g/mol. The van der Waals surface area contributed by atoms with Crippen LogP contribution in [0.4, 0.5) is 5.69 Å². The molecule has 5 heteroatoms. The average molecular weight is 335 g/mol. The molecule has 20 heavy (non-hydrogen) atoms. The van der Waals surface area contributed by atoms with Crippen LogP contribution in [0.5, 0.6) is 0 Å². The Balaban J connectivity index is 2.26. The second-order valence-electron chi connectivity index (χ2n) is 4.58. The topological polar surface area (TPSA) is 55.2 Å². The molecule has 0 bridgehead atoms. The molecule has 0 saturated carbocycles. The third kappa shape index (κ3) is 3.81. The average Bonchev–Trinajstić information content (AvgIpc) is 2.41. The van der Waals surface area contributed by atoms with Crippen molar-refractivity contribution in [3.8, 4) is 0 Å². The molecule has 0 aliphatic rings. The minimum atomic E-state index is -0.340. The number of aryl methyl sites for hydroxylation is 1. The van der Waals surface area contributed by atoms with E-state index in [0.29, 0.717) is 0 Å². The van der Waals surface area contributed by atoms with E-state index in [0.717, 1.165) is 21.3 Å². The molecule has 0 aliphatic heterocycles. The van der Waals surface area contributed by atoms with Gasteiger partial charge >= 0.3 is 0 Å². The highest BCUT2D eigenvalue weighted by Crippen LogP contribution is 2.23. The lowest BCUT2D eigenvalue weighted by Gasteiger charge is -2.18. The van der Waals surface area contributed by atoms with Crippen LogP contribution in [0.15, 0.2) is 53.0 Å². The fourth-order valence-corrected chi connectivity index (χ4v) is 2.36. The minimum absolute atomic E-state index is 0.152. The Hall–Kier alpha value is -1.88. The van der Waals surface area contributed by atoms with E-state index in [9.17, 15) is 10.1 Å². The van der Waals surface area contributed by atoms with Crippen LogP contribution in [-0.4, -0.2) is 11.5 Å². The molecule has 2 aromatic carbocycles. The maximum atomic E-state index is 10.9. The van der Waals surface area contributed by atoms with Gasteiger partial charge in [-0.3, -0.25) is 10.1 Å². The molecule has 0 saturated heterocycles. The predicted octanol–water partition coefficient (Wildman–Crippen LogP) is 4.19. The van der Waals surface area contributed by atoms with Gasteiger partial charge in [0.2, 0.25) is 6.54 Å². The predicted molar refractivity (Wildman–Crippen MR) is 83.5 cm³/mol. The monoisotopic (exact) mass is 334 g/mol. The number of benzene rings is 2. The summed E-state index contributed by atoms with van der Waals surface area (Å²) in [6, 6.07) is 15.0. The van der Waals surface area contributed by atoms with E-state index in [-0.39, 0.29) is 17.5 Å². The zero-order valence-electron chi connectivity index (χ0n) is 11.0. The fraction of sp³-hybridized carbons (Fsp3) is 0.200. The van der Waals surface area contributed by atoms with Crippen LogP contribution in [0.25, 0.3) is 0 Å². The van der Waals surface area contributed by atoms with E-state index < -0.39 is 0 Å². The van der Waals surface area contributed by atoms with Crippen molar-refractivity contribution in [2.24, 2.45) is 0 Å². The van der Waals surface area contributed by atoms with E-state index in [2.05, 4.69) is 21.2 Å². The van der Waals surface area contributed by atoms with E-state index in [1.54, 1.807) is 0 Å². The fourth-order valence-electron chi connectivity index (χ4n) is 2.10. The quantitative estimate of drug-likeness (QED) is 0.658. The first-order chi connectivity index (χ1) is 9.56. The second kappa shape index (κ2) is 6.52. The summed E-state index contributed by atoms with van der Waals surface area (Å²) in [4.78, 5) is 10.6. The maximum Gasteiger partial charge on any atom is 0.227 e. The number of nitro groups is 1. The zero-order valence-corrected chi connectivity index (χ0v) is 12.6. The Morgan fingerprint density at radius 3 is 2.45 bits per heavy atom. The van der Waals surface area contributed by atoms with Gasteiger partial charge in [-0.1, -0.05) is 40.2 Å². The summed E-state index contributed by atoms with van der Waals surface area (Å²) in [6.45, 7) is 1.81. The molecule has 4 nitrogen and oxygen atoms in total. The lowest BCUT2D eigenvalue weighted by atomic mass is 10.0. The highest BCUT2D eigenvalue weighted by molar-refractivity contribution is 9.10. The molecule has 0 aromatic heterocycles. The molecule has 0 radical (unpaired) electrons. The number of hydrogen-bond acceptors (Lipinski definition) is 3. The highest BCUT2D eigenvalue weighted by atomic mass is 79.9. The normalized spacial score (nSPS) is 11.9. The lowest BCUT2D eigenvalue weighted by molar-refractivity contribution is -0.482. The summed E-state index contributed by atoms with van der Waals surface area (Å²) < 4.78 is 0.977. The Morgan fingerprint density at radius 1 is 1.20 bits per heavy atom. The van der Waals surface area contributed by atoms with Crippen molar-refractivity contribution in [3.63, 3.8) is 0 Å². The summed E-state index contributed by atoms with van der Waals surface area (Å²) in [5, 5.41) is 14.1. The third-order valence-electron chi connectivity index (χ3n) is 3.08. The Morgan fingerprint density at radius 2 is 1.85 bits per heavy atom. The molecule has 2 aromatic rings. The van der Waals surface area contributed by atoms with Gasteiger partial charge in [0.15, 0.2) is 0 Å². The van der Waals surface area contributed by atoms with Gasteiger partial charge in [-0.25, -0.2) is 0 Å². The number of nitrogens with zero attached hydrogens (tertiary/aromatic N) is 1. The molecular formula is C15H15BrN2O2. The Bertz CT molecular complexity index is 599. The summed E-state index contributed by atoms with van der Waals surface area (Å²) in [5.41, 5.74) is 2.86. The Kier molecular flexibility index (Phi) is 4.74.